The summed E-state index contributed by atoms with van der Waals surface area (Å²) in [5.41, 5.74) is 8.62. The average Bonchev–Trinajstić information content (AvgIpc) is 2.01. The summed E-state index contributed by atoms with van der Waals surface area (Å²) in [6, 6.07) is 4.12. The molecule has 0 amide bonds. The van der Waals surface area contributed by atoms with Gasteiger partial charge in [0.15, 0.2) is 0 Å². The highest BCUT2D eigenvalue weighted by Crippen LogP contribution is 2.24. The van der Waals surface area contributed by atoms with Crippen molar-refractivity contribution in [3.8, 4) is 5.75 Å². The van der Waals surface area contributed by atoms with Gasteiger partial charge >= 0.3 is 0 Å². The molecule has 1 rings (SSSR count). The van der Waals surface area contributed by atoms with Crippen LogP contribution in [0.3, 0.4) is 0 Å². The topological polar surface area (TPSA) is 59.1 Å². The van der Waals surface area contributed by atoms with Crippen molar-refractivity contribution in [2.45, 2.75) is 20.8 Å². The van der Waals surface area contributed by atoms with Gasteiger partial charge in [0.25, 0.3) is 0 Å². The monoisotopic (exact) mass is 228 g/mol. The van der Waals surface area contributed by atoms with Crippen LogP contribution in [0.15, 0.2) is 12.1 Å². The quantitative estimate of drug-likeness (QED) is 0.616. The zero-order chi connectivity index (χ0) is 10.7. The van der Waals surface area contributed by atoms with E-state index in [-0.39, 0.29) is 24.8 Å². The first-order valence-corrected chi connectivity index (χ1v) is 4.54. The van der Waals surface area contributed by atoms with Crippen molar-refractivity contribution in [3.63, 3.8) is 0 Å². The molecule has 1 aromatic carbocycles. The van der Waals surface area contributed by atoms with E-state index in [0.29, 0.717) is 0 Å². The SMILES string of the molecule is Cc1cc(C)c(OCC(=N)N)c(C)c1.Cl. The van der Waals surface area contributed by atoms with Crippen LogP contribution < -0.4 is 10.5 Å². The zero-order valence-electron chi connectivity index (χ0n) is 9.26. The van der Waals surface area contributed by atoms with Gasteiger partial charge in [-0.25, -0.2) is 0 Å². The lowest BCUT2D eigenvalue weighted by Gasteiger charge is -2.12. The van der Waals surface area contributed by atoms with Crippen molar-refractivity contribution in [3.05, 3.63) is 28.8 Å². The molecule has 0 aliphatic heterocycles. The molecule has 3 nitrogen and oxygen atoms in total. The van der Waals surface area contributed by atoms with E-state index in [1.165, 1.54) is 5.56 Å². The molecule has 4 heteroatoms. The van der Waals surface area contributed by atoms with Gasteiger partial charge in [-0.3, -0.25) is 5.41 Å². The Kier molecular flexibility index (Phi) is 5.15. The average molecular weight is 229 g/mol. The molecule has 0 heterocycles. The first kappa shape index (κ1) is 13.8. The van der Waals surface area contributed by atoms with Gasteiger partial charge in [0.2, 0.25) is 0 Å². The first-order chi connectivity index (χ1) is 6.50. The lowest BCUT2D eigenvalue weighted by molar-refractivity contribution is 0.369. The molecule has 0 bridgehead atoms. The Labute approximate surface area is 96.5 Å². The number of benzene rings is 1. The Morgan fingerprint density at radius 1 is 1.27 bits per heavy atom. The molecular formula is C11H17ClN2O. The predicted octanol–water partition coefficient (Wildman–Crippen LogP) is 2.35. The first-order valence-electron chi connectivity index (χ1n) is 4.54. The van der Waals surface area contributed by atoms with E-state index < -0.39 is 0 Å². The molecule has 0 aromatic heterocycles. The molecule has 0 fully saturated rings. The summed E-state index contributed by atoms with van der Waals surface area (Å²) in [5.74, 6) is 0.884. The number of ether oxygens (including phenoxy) is 1. The van der Waals surface area contributed by atoms with Crippen LogP contribution in [0.5, 0.6) is 5.75 Å². The van der Waals surface area contributed by atoms with Gasteiger partial charge in [0, 0.05) is 0 Å². The van der Waals surface area contributed by atoms with Crippen LogP contribution in [0.4, 0.5) is 0 Å². The van der Waals surface area contributed by atoms with E-state index >= 15 is 0 Å². The third-order valence-corrected chi connectivity index (χ3v) is 1.98. The number of hydrogen-bond acceptors (Lipinski definition) is 2. The highest BCUT2D eigenvalue weighted by molar-refractivity contribution is 5.85. The van der Waals surface area contributed by atoms with E-state index in [9.17, 15) is 0 Å². The van der Waals surface area contributed by atoms with Crippen LogP contribution in [0, 0.1) is 26.2 Å². The lowest BCUT2D eigenvalue weighted by atomic mass is 10.1. The minimum absolute atomic E-state index is 0. The van der Waals surface area contributed by atoms with Gasteiger partial charge in [-0.2, -0.15) is 0 Å². The molecule has 3 N–H and O–H groups in total. The van der Waals surface area contributed by atoms with E-state index in [1.807, 2.05) is 13.8 Å². The Balaban J connectivity index is 0.00000196. The van der Waals surface area contributed by atoms with Crippen LogP contribution in [-0.4, -0.2) is 12.4 Å². The summed E-state index contributed by atoms with van der Waals surface area (Å²) in [6.45, 7) is 6.20. The Hall–Kier alpha value is -1.22. The molecule has 0 atom stereocenters. The third-order valence-electron chi connectivity index (χ3n) is 1.98. The number of amidine groups is 1. The fraction of sp³-hybridized carbons (Fsp3) is 0.364. The van der Waals surface area contributed by atoms with Gasteiger partial charge in [0.1, 0.15) is 18.2 Å². The molecule has 1 aromatic rings. The van der Waals surface area contributed by atoms with Crippen molar-refractivity contribution in [2.24, 2.45) is 5.73 Å². The van der Waals surface area contributed by atoms with Gasteiger partial charge in [-0.05, 0) is 31.9 Å². The largest absolute Gasteiger partial charge is 0.485 e. The summed E-state index contributed by atoms with van der Waals surface area (Å²) in [5, 5.41) is 7.08. The van der Waals surface area contributed by atoms with E-state index in [4.69, 9.17) is 15.9 Å². The maximum atomic E-state index is 7.08. The molecule has 0 aliphatic rings. The summed E-state index contributed by atoms with van der Waals surface area (Å²) in [4.78, 5) is 0. The van der Waals surface area contributed by atoms with Crippen molar-refractivity contribution < 1.29 is 4.74 Å². The Morgan fingerprint density at radius 2 is 1.73 bits per heavy atom. The van der Waals surface area contributed by atoms with E-state index in [0.717, 1.165) is 16.9 Å². The van der Waals surface area contributed by atoms with Gasteiger partial charge in [-0.1, -0.05) is 17.7 Å². The summed E-state index contributed by atoms with van der Waals surface area (Å²) in [7, 11) is 0. The normalized spacial score (nSPS) is 9.27. The Bertz CT molecular complexity index is 341. The van der Waals surface area contributed by atoms with Crippen molar-refractivity contribution in [2.75, 3.05) is 6.61 Å². The van der Waals surface area contributed by atoms with Crippen molar-refractivity contribution >= 4 is 18.2 Å². The molecule has 0 radical (unpaired) electrons. The summed E-state index contributed by atoms with van der Waals surface area (Å²) in [6.07, 6.45) is 0. The summed E-state index contributed by atoms with van der Waals surface area (Å²) >= 11 is 0. The van der Waals surface area contributed by atoms with Crippen LogP contribution in [-0.2, 0) is 0 Å². The molecular weight excluding hydrogens is 212 g/mol. The number of nitrogens with one attached hydrogen (secondary N) is 1. The number of aryl methyl sites for hydroxylation is 3. The highest BCUT2D eigenvalue weighted by Gasteiger charge is 2.04. The standard InChI is InChI=1S/C11H16N2O.ClH/c1-7-4-8(2)11(9(3)5-7)14-6-10(12)13;/h4-5H,6H2,1-3H3,(H3,12,13);1H. The second-order valence-corrected chi connectivity index (χ2v) is 3.54. The smallest absolute Gasteiger partial charge is 0.145 e. The number of nitrogens with two attached hydrogens (primary N) is 1. The zero-order valence-corrected chi connectivity index (χ0v) is 10.1. The van der Waals surface area contributed by atoms with Crippen LogP contribution in [0.25, 0.3) is 0 Å². The van der Waals surface area contributed by atoms with Gasteiger partial charge < -0.3 is 10.5 Å². The lowest BCUT2D eigenvalue weighted by Crippen LogP contribution is -2.19. The number of hydrogen-bond donors (Lipinski definition) is 2. The summed E-state index contributed by atoms with van der Waals surface area (Å²) < 4.78 is 5.43. The molecule has 0 spiro atoms. The predicted molar refractivity (Wildman–Crippen MR) is 65.3 cm³/mol. The Morgan fingerprint density at radius 3 is 2.13 bits per heavy atom. The van der Waals surface area contributed by atoms with Crippen LogP contribution in [0.2, 0.25) is 0 Å². The molecule has 0 aliphatic carbocycles. The van der Waals surface area contributed by atoms with E-state index in [2.05, 4.69) is 19.1 Å². The number of rotatable bonds is 3. The highest BCUT2D eigenvalue weighted by atomic mass is 35.5. The molecule has 0 unspecified atom stereocenters. The van der Waals surface area contributed by atoms with Crippen molar-refractivity contribution in [1.29, 1.82) is 5.41 Å². The second kappa shape index (κ2) is 5.61. The minimum atomic E-state index is 0. The molecule has 0 saturated heterocycles. The maximum Gasteiger partial charge on any atom is 0.145 e. The van der Waals surface area contributed by atoms with Crippen LogP contribution >= 0.6 is 12.4 Å². The molecule has 0 saturated carbocycles. The molecule has 15 heavy (non-hydrogen) atoms. The fourth-order valence-corrected chi connectivity index (χ4v) is 1.54. The van der Waals surface area contributed by atoms with Gasteiger partial charge in [-0.15, -0.1) is 12.4 Å². The van der Waals surface area contributed by atoms with E-state index in [1.54, 1.807) is 0 Å². The van der Waals surface area contributed by atoms with Gasteiger partial charge in [0.05, 0.1) is 0 Å². The minimum Gasteiger partial charge on any atom is -0.485 e. The maximum absolute atomic E-state index is 7.08. The molecule has 84 valence electrons. The fourth-order valence-electron chi connectivity index (χ4n) is 1.54. The second-order valence-electron chi connectivity index (χ2n) is 3.54. The third kappa shape index (κ3) is 3.80. The van der Waals surface area contributed by atoms with Crippen molar-refractivity contribution in [1.82, 2.24) is 0 Å². The number of halogens is 1. The van der Waals surface area contributed by atoms with Crippen LogP contribution in [0.1, 0.15) is 16.7 Å².